The predicted octanol–water partition coefficient (Wildman–Crippen LogP) is 1.21. The molecule has 112 valence electrons. The van der Waals surface area contributed by atoms with E-state index >= 15 is 0 Å². The van der Waals surface area contributed by atoms with Crippen LogP contribution in [0.25, 0.3) is 0 Å². The molecule has 1 amide bonds. The first-order valence-corrected chi connectivity index (χ1v) is 7.10. The third kappa shape index (κ3) is 3.04. The van der Waals surface area contributed by atoms with Gasteiger partial charge in [0.15, 0.2) is 0 Å². The molecule has 5 nitrogen and oxygen atoms in total. The Balaban J connectivity index is 1.95. The summed E-state index contributed by atoms with van der Waals surface area (Å²) in [6.45, 7) is 8.42. The second kappa shape index (κ2) is 5.97. The largest absolute Gasteiger partial charge is 0.383 e. The van der Waals surface area contributed by atoms with Gasteiger partial charge in [0.25, 0.3) is 5.91 Å². The molecule has 20 heavy (non-hydrogen) atoms. The topological polar surface area (TPSA) is 37.7 Å². The molecule has 1 aliphatic rings. The Bertz CT molecular complexity index is 459. The van der Waals surface area contributed by atoms with Gasteiger partial charge >= 0.3 is 0 Å². The van der Waals surface area contributed by atoms with Crippen molar-refractivity contribution in [3.05, 3.63) is 24.0 Å². The Kier molecular flexibility index (Phi) is 4.50. The Morgan fingerprint density at radius 3 is 2.45 bits per heavy atom. The third-order valence-corrected chi connectivity index (χ3v) is 4.08. The minimum absolute atomic E-state index is 0.0227. The van der Waals surface area contributed by atoms with E-state index in [1.807, 2.05) is 34.8 Å². The SMILES string of the molecule is COCC(C)(C)N1CCN(C(=O)c2cccn2C)CC1. The van der Waals surface area contributed by atoms with Crippen LogP contribution >= 0.6 is 0 Å². The maximum Gasteiger partial charge on any atom is 0.270 e. The van der Waals surface area contributed by atoms with Gasteiger partial charge in [0, 0.05) is 52.1 Å². The molecule has 1 aromatic rings. The number of aryl methyl sites for hydroxylation is 1. The second-order valence-electron chi connectivity index (χ2n) is 6.03. The average Bonchev–Trinajstić information content (AvgIpc) is 2.84. The van der Waals surface area contributed by atoms with Crippen molar-refractivity contribution in [2.24, 2.45) is 7.05 Å². The maximum atomic E-state index is 12.4. The molecule has 0 aromatic carbocycles. The number of carbonyl (C=O) groups is 1. The lowest BCUT2D eigenvalue weighted by molar-refractivity contribution is 0.00349. The molecule has 0 saturated carbocycles. The van der Waals surface area contributed by atoms with Crippen LogP contribution < -0.4 is 0 Å². The van der Waals surface area contributed by atoms with Gasteiger partial charge in [0.05, 0.1) is 6.61 Å². The van der Waals surface area contributed by atoms with Crippen LogP contribution in [0.5, 0.6) is 0 Å². The van der Waals surface area contributed by atoms with Crippen LogP contribution in [0.15, 0.2) is 18.3 Å². The molecule has 1 saturated heterocycles. The van der Waals surface area contributed by atoms with E-state index in [4.69, 9.17) is 4.74 Å². The average molecular weight is 279 g/mol. The quantitative estimate of drug-likeness (QED) is 0.831. The van der Waals surface area contributed by atoms with Gasteiger partial charge in [0.2, 0.25) is 0 Å². The first-order valence-electron chi connectivity index (χ1n) is 7.10. The number of aromatic nitrogens is 1. The normalized spacial score (nSPS) is 17.5. The number of ether oxygens (including phenoxy) is 1. The molecule has 0 aliphatic carbocycles. The number of hydrogen-bond acceptors (Lipinski definition) is 3. The van der Waals surface area contributed by atoms with Gasteiger partial charge in [-0.1, -0.05) is 0 Å². The highest BCUT2D eigenvalue weighted by atomic mass is 16.5. The first kappa shape index (κ1) is 15.1. The van der Waals surface area contributed by atoms with Crippen LogP contribution in [0.2, 0.25) is 0 Å². The van der Waals surface area contributed by atoms with E-state index in [1.165, 1.54) is 0 Å². The summed E-state index contributed by atoms with van der Waals surface area (Å²) in [5, 5.41) is 0. The molecule has 0 spiro atoms. The molecule has 5 heteroatoms. The van der Waals surface area contributed by atoms with Crippen LogP contribution in [-0.2, 0) is 11.8 Å². The van der Waals surface area contributed by atoms with E-state index < -0.39 is 0 Å². The van der Waals surface area contributed by atoms with Gasteiger partial charge in [-0.05, 0) is 26.0 Å². The highest BCUT2D eigenvalue weighted by Gasteiger charge is 2.31. The Morgan fingerprint density at radius 1 is 1.30 bits per heavy atom. The molecule has 1 fully saturated rings. The Hall–Kier alpha value is -1.33. The van der Waals surface area contributed by atoms with Crippen LogP contribution in [0.4, 0.5) is 0 Å². The summed E-state index contributed by atoms with van der Waals surface area (Å²) in [5.74, 6) is 0.127. The summed E-state index contributed by atoms with van der Waals surface area (Å²) in [6, 6.07) is 3.79. The van der Waals surface area contributed by atoms with Crippen LogP contribution in [0, 0.1) is 0 Å². The van der Waals surface area contributed by atoms with Gasteiger partial charge in [-0.15, -0.1) is 0 Å². The lowest BCUT2D eigenvalue weighted by Gasteiger charge is -2.43. The summed E-state index contributed by atoms with van der Waals surface area (Å²) < 4.78 is 7.16. The number of carbonyl (C=O) groups excluding carboxylic acids is 1. The van der Waals surface area contributed by atoms with Crippen molar-refractivity contribution in [3.63, 3.8) is 0 Å². The standard InChI is InChI=1S/C15H25N3O2/c1-15(2,12-20-4)18-10-8-17(9-11-18)14(19)13-6-5-7-16(13)3/h5-7H,8-12H2,1-4H3. The van der Waals surface area contributed by atoms with Crippen molar-refractivity contribution in [1.82, 2.24) is 14.4 Å². The van der Waals surface area contributed by atoms with Crippen molar-refractivity contribution in [2.45, 2.75) is 19.4 Å². The maximum absolute atomic E-state index is 12.4. The molecular formula is C15H25N3O2. The minimum Gasteiger partial charge on any atom is -0.383 e. The number of piperazine rings is 1. The van der Waals surface area contributed by atoms with E-state index in [0.717, 1.165) is 31.9 Å². The van der Waals surface area contributed by atoms with Gasteiger partial charge in [-0.2, -0.15) is 0 Å². The van der Waals surface area contributed by atoms with Gasteiger partial charge in [0.1, 0.15) is 5.69 Å². The predicted molar refractivity (Wildman–Crippen MR) is 78.8 cm³/mol. The van der Waals surface area contributed by atoms with E-state index in [0.29, 0.717) is 6.61 Å². The van der Waals surface area contributed by atoms with Crippen molar-refractivity contribution in [3.8, 4) is 0 Å². The van der Waals surface area contributed by atoms with Crippen molar-refractivity contribution in [2.75, 3.05) is 39.9 Å². The summed E-state index contributed by atoms with van der Waals surface area (Å²) in [5.41, 5.74) is 0.782. The summed E-state index contributed by atoms with van der Waals surface area (Å²) >= 11 is 0. The number of nitrogens with zero attached hydrogens (tertiary/aromatic N) is 3. The smallest absolute Gasteiger partial charge is 0.270 e. The summed E-state index contributed by atoms with van der Waals surface area (Å²) in [6.07, 6.45) is 1.91. The fourth-order valence-corrected chi connectivity index (χ4v) is 2.80. The first-order chi connectivity index (χ1) is 9.45. The molecule has 1 aliphatic heterocycles. The zero-order chi connectivity index (χ0) is 14.8. The second-order valence-corrected chi connectivity index (χ2v) is 6.03. The molecular weight excluding hydrogens is 254 g/mol. The lowest BCUT2D eigenvalue weighted by atomic mass is 10.0. The number of rotatable bonds is 4. The monoisotopic (exact) mass is 279 g/mol. The molecule has 0 bridgehead atoms. The highest BCUT2D eigenvalue weighted by Crippen LogP contribution is 2.18. The van der Waals surface area contributed by atoms with Gasteiger partial charge in [-0.25, -0.2) is 0 Å². The van der Waals surface area contributed by atoms with Crippen molar-refractivity contribution in [1.29, 1.82) is 0 Å². The van der Waals surface area contributed by atoms with Crippen molar-refractivity contribution >= 4 is 5.91 Å². The van der Waals surface area contributed by atoms with E-state index in [2.05, 4.69) is 18.7 Å². The van der Waals surface area contributed by atoms with E-state index in [-0.39, 0.29) is 11.4 Å². The molecule has 0 unspecified atom stereocenters. The van der Waals surface area contributed by atoms with E-state index in [1.54, 1.807) is 7.11 Å². The summed E-state index contributed by atoms with van der Waals surface area (Å²) in [4.78, 5) is 16.8. The summed E-state index contributed by atoms with van der Waals surface area (Å²) in [7, 11) is 3.64. The lowest BCUT2D eigenvalue weighted by Crippen LogP contribution is -2.57. The Morgan fingerprint density at radius 2 is 1.95 bits per heavy atom. The van der Waals surface area contributed by atoms with Crippen LogP contribution in [-0.4, -0.2) is 65.7 Å². The molecule has 1 aromatic heterocycles. The molecule has 0 N–H and O–H groups in total. The zero-order valence-electron chi connectivity index (χ0n) is 12.9. The number of hydrogen-bond donors (Lipinski definition) is 0. The third-order valence-electron chi connectivity index (χ3n) is 4.08. The minimum atomic E-state index is 0.0227. The molecule has 0 atom stereocenters. The highest BCUT2D eigenvalue weighted by molar-refractivity contribution is 5.92. The molecule has 2 rings (SSSR count). The van der Waals surface area contributed by atoms with Crippen LogP contribution in [0.1, 0.15) is 24.3 Å². The number of methoxy groups -OCH3 is 1. The van der Waals surface area contributed by atoms with E-state index in [9.17, 15) is 4.79 Å². The number of amides is 1. The molecule has 0 radical (unpaired) electrons. The fourth-order valence-electron chi connectivity index (χ4n) is 2.80. The zero-order valence-corrected chi connectivity index (χ0v) is 12.9. The van der Waals surface area contributed by atoms with Gasteiger partial charge < -0.3 is 14.2 Å². The van der Waals surface area contributed by atoms with Crippen LogP contribution in [0.3, 0.4) is 0 Å². The van der Waals surface area contributed by atoms with Crippen molar-refractivity contribution < 1.29 is 9.53 Å². The Labute approximate surface area is 121 Å². The van der Waals surface area contributed by atoms with Gasteiger partial charge in [-0.3, -0.25) is 9.69 Å². The fraction of sp³-hybridized carbons (Fsp3) is 0.667. The molecule has 2 heterocycles.